The number of anilines is 1. The zero-order chi connectivity index (χ0) is 16.7. The summed E-state index contributed by atoms with van der Waals surface area (Å²) in [5, 5.41) is 2.91. The number of amides is 1. The first-order valence-corrected chi connectivity index (χ1v) is 10.3. The molecule has 1 saturated carbocycles. The van der Waals surface area contributed by atoms with Crippen molar-refractivity contribution >= 4 is 32.7 Å². The van der Waals surface area contributed by atoms with Crippen molar-refractivity contribution < 1.29 is 13.2 Å². The van der Waals surface area contributed by atoms with E-state index in [9.17, 15) is 13.2 Å². The number of nitrogens with zero attached hydrogens (tertiary/aromatic N) is 2. The summed E-state index contributed by atoms with van der Waals surface area (Å²) in [6, 6.07) is 8.22. The number of carbonyl (C=O) groups excluding carboxylic acids is 1. The van der Waals surface area contributed by atoms with E-state index in [4.69, 9.17) is 0 Å². The highest BCUT2D eigenvalue weighted by atomic mass is 32.2. The fourth-order valence-electron chi connectivity index (χ4n) is 3.88. The van der Waals surface area contributed by atoms with Crippen molar-refractivity contribution in [1.29, 1.82) is 0 Å². The van der Waals surface area contributed by atoms with Crippen LogP contribution in [0.2, 0.25) is 0 Å². The number of rotatable bonds is 3. The van der Waals surface area contributed by atoms with E-state index in [2.05, 4.69) is 14.9 Å². The zero-order valence-corrected chi connectivity index (χ0v) is 14.3. The van der Waals surface area contributed by atoms with E-state index in [0.29, 0.717) is 18.4 Å². The predicted molar refractivity (Wildman–Crippen MR) is 92.6 cm³/mol. The minimum atomic E-state index is -3.07. The molecule has 2 heterocycles. The number of sulfone groups is 1. The first-order valence-electron chi connectivity index (χ1n) is 8.52. The topological polar surface area (TPSA) is 81.1 Å². The number of para-hydroxylation sites is 2. The van der Waals surface area contributed by atoms with Gasteiger partial charge in [0.2, 0.25) is 11.9 Å². The van der Waals surface area contributed by atoms with Gasteiger partial charge in [-0.25, -0.2) is 13.4 Å². The number of hydrogen-bond acceptors (Lipinski definition) is 4. The standard InChI is InChI=1S/C17H21N3O3S/c21-16(12-9-10-24(22,23)11-12)19-17-18-14-7-3-4-8-15(14)20(17)13-5-1-2-6-13/h3-4,7-8,12-13H,1-2,5-6,9-11H2,(H,18,19,21)/t12-/m0/s1. The molecule has 1 aliphatic heterocycles. The van der Waals surface area contributed by atoms with E-state index < -0.39 is 15.8 Å². The minimum absolute atomic E-state index is 0.0531. The largest absolute Gasteiger partial charge is 0.307 e. The molecule has 2 fully saturated rings. The normalized spacial score (nSPS) is 23.8. The third-order valence-electron chi connectivity index (χ3n) is 5.12. The summed E-state index contributed by atoms with van der Waals surface area (Å²) in [4.78, 5) is 17.1. The van der Waals surface area contributed by atoms with Crippen LogP contribution in [0.4, 0.5) is 5.95 Å². The molecule has 0 spiro atoms. The van der Waals surface area contributed by atoms with Crippen LogP contribution in [0.3, 0.4) is 0 Å². The first kappa shape index (κ1) is 15.6. The van der Waals surface area contributed by atoms with Gasteiger partial charge in [0.05, 0.1) is 28.5 Å². The predicted octanol–water partition coefficient (Wildman–Crippen LogP) is 2.52. The summed E-state index contributed by atoms with van der Waals surface area (Å²) in [6.45, 7) is 0. The molecule has 1 amide bonds. The fourth-order valence-corrected chi connectivity index (χ4v) is 5.62. The lowest BCUT2D eigenvalue weighted by Crippen LogP contribution is -2.26. The number of aromatic nitrogens is 2. The highest BCUT2D eigenvalue weighted by molar-refractivity contribution is 7.91. The van der Waals surface area contributed by atoms with E-state index in [1.807, 2.05) is 24.3 Å². The number of hydrogen-bond donors (Lipinski definition) is 1. The molecule has 1 aliphatic carbocycles. The summed E-state index contributed by atoms with van der Waals surface area (Å²) < 4.78 is 25.4. The van der Waals surface area contributed by atoms with E-state index in [-0.39, 0.29) is 17.4 Å². The second-order valence-corrected chi connectivity index (χ2v) is 9.05. The average molecular weight is 347 g/mol. The molecule has 0 bridgehead atoms. The molecule has 1 atom stereocenters. The van der Waals surface area contributed by atoms with Crippen LogP contribution in [-0.2, 0) is 14.6 Å². The Morgan fingerprint density at radius 2 is 1.92 bits per heavy atom. The fraction of sp³-hybridized carbons (Fsp3) is 0.529. The number of benzene rings is 1. The van der Waals surface area contributed by atoms with Gasteiger partial charge >= 0.3 is 0 Å². The molecule has 1 saturated heterocycles. The van der Waals surface area contributed by atoms with Crippen molar-refractivity contribution in [3.05, 3.63) is 24.3 Å². The van der Waals surface area contributed by atoms with Crippen LogP contribution in [-0.4, -0.2) is 35.4 Å². The van der Waals surface area contributed by atoms with Crippen LogP contribution in [0.1, 0.15) is 38.1 Å². The molecule has 128 valence electrons. The molecule has 0 unspecified atom stereocenters. The molecular formula is C17H21N3O3S. The van der Waals surface area contributed by atoms with Crippen LogP contribution >= 0.6 is 0 Å². The van der Waals surface area contributed by atoms with Gasteiger partial charge in [-0.05, 0) is 31.4 Å². The van der Waals surface area contributed by atoms with Gasteiger partial charge in [-0.2, -0.15) is 0 Å². The first-order chi connectivity index (χ1) is 11.5. The monoisotopic (exact) mass is 347 g/mol. The van der Waals surface area contributed by atoms with Crippen LogP contribution in [0.5, 0.6) is 0 Å². The van der Waals surface area contributed by atoms with Gasteiger partial charge in [-0.15, -0.1) is 0 Å². The molecule has 7 heteroatoms. The second kappa shape index (κ2) is 5.88. The van der Waals surface area contributed by atoms with Gasteiger partial charge in [-0.1, -0.05) is 25.0 Å². The van der Waals surface area contributed by atoms with Crippen molar-refractivity contribution in [2.45, 2.75) is 38.1 Å². The van der Waals surface area contributed by atoms with Crippen molar-refractivity contribution in [2.75, 3.05) is 16.8 Å². The van der Waals surface area contributed by atoms with Crippen LogP contribution in [0.25, 0.3) is 11.0 Å². The molecule has 1 aromatic carbocycles. The Hall–Kier alpha value is -1.89. The number of carbonyl (C=O) groups is 1. The minimum Gasteiger partial charge on any atom is -0.307 e. The van der Waals surface area contributed by atoms with E-state index in [1.54, 1.807) is 0 Å². The van der Waals surface area contributed by atoms with Crippen molar-refractivity contribution in [3.8, 4) is 0 Å². The molecular weight excluding hydrogens is 326 g/mol. The van der Waals surface area contributed by atoms with Gasteiger partial charge < -0.3 is 4.57 Å². The number of nitrogens with one attached hydrogen (secondary N) is 1. The maximum atomic E-state index is 12.5. The Bertz CT molecular complexity index is 882. The Morgan fingerprint density at radius 3 is 2.62 bits per heavy atom. The van der Waals surface area contributed by atoms with Gasteiger partial charge in [0.25, 0.3) is 0 Å². The third-order valence-corrected chi connectivity index (χ3v) is 6.89. The summed E-state index contributed by atoms with van der Waals surface area (Å²) in [6.07, 6.45) is 4.94. The molecule has 6 nitrogen and oxygen atoms in total. The van der Waals surface area contributed by atoms with Gasteiger partial charge in [0, 0.05) is 6.04 Å². The maximum absolute atomic E-state index is 12.5. The summed E-state index contributed by atoms with van der Waals surface area (Å²) in [5.41, 5.74) is 1.89. The van der Waals surface area contributed by atoms with Gasteiger partial charge in [0.1, 0.15) is 0 Å². The average Bonchev–Trinajstić information content (AvgIpc) is 3.24. The van der Waals surface area contributed by atoms with Crippen molar-refractivity contribution in [3.63, 3.8) is 0 Å². The van der Waals surface area contributed by atoms with E-state index in [1.165, 1.54) is 12.8 Å². The van der Waals surface area contributed by atoms with Gasteiger partial charge in [-0.3, -0.25) is 10.1 Å². The summed E-state index contributed by atoms with van der Waals surface area (Å²) >= 11 is 0. The lowest BCUT2D eigenvalue weighted by molar-refractivity contribution is -0.119. The Balaban J connectivity index is 1.66. The van der Waals surface area contributed by atoms with Crippen LogP contribution in [0, 0.1) is 5.92 Å². The molecule has 2 aromatic rings. The maximum Gasteiger partial charge on any atom is 0.230 e. The smallest absolute Gasteiger partial charge is 0.230 e. The third kappa shape index (κ3) is 2.81. The summed E-state index contributed by atoms with van der Waals surface area (Å²) in [5.74, 6) is -0.0954. The SMILES string of the molecule is O=C(Nc1nc2ccccc2n1C1CCCC1)[C@H]1CCS(=O)(=O)C1. The van der Waals surface area contributed by atoms with Gasteiger partial charge in [0.15, 0.2) is 9.84 Å². The molecule has 4 rings (SSSR count). The second-order valence-electron chi connectivity index (χ2n) is 6.82. The molecule has 1 aromatic heterocycles. The lowest BCUT2D eigenvalue weighted by Gasteiger charge is -2.17. The van der Waals surface area contributed by atoms with E-state index in [0.717, 1.165) is 23.9 Å². The Kier molecular flexibility index (Phi) is 3.83. The number of fused-ring (bicyclic) bond motifs is 1. The van der Waals surface area contributed by atoms with E-state index >= 15 is 0 Å². The van der Waals surface area contributed by atoms with Crippen molar-refractivity contribution in [2.24, 2.45) is 5.92 Å². The molecule has 24 heavy (non-hydrogen) atoms. The lowest BCUT2D eigenvalue weighted by atomic mass is 10.1. The Labute approximate surface area is 141 Å². The van der Waals surface area contributed by atoms with Crippen LogP contribution in [0.15, 0.2) is 24.3 Å². The number of imidazole rings is 1. The highest BCUT2D eigenvalue weighted by Gasteiger charge is 2.34. The van der Waals surface area contributed by atoms with Crippen molar-refractivity contribution in [1.82, 2.24) is 9.55 Å². The quantitative estimate of drug-likeness (QED) is 0.925. The Morgan fingerprint density at radius 1 is 1.17 bits per heavy atom. The highest BCUT2D eigenvalue weighted by Crippen LogP contribution is 2.35. The molecule has 1 N–H and O–H groups in total. The zero-order valence-electron chi connectivity index (χ0n) is 13.4. The summed E-state index contributed by atoms with van der Waals surface area (Å²) in [7, 11) is -3.07. The molecule has 2 aliphatic rings. The molecule has 0 radical (unpaired) electrons. The van der Waals surface area contributed by atoms with Crippen LogP contribution < -0.4 is 5.32 Å².